The minimum absolute atomic E-state index is 0.0466. The van der Waals surface area contributed by atoms with Gasteiger partial charge in [0.15, 0.2) is 0 Å². The van der Waals surface area contributed by atoms with E-state index in [2.05, 4.69) is 0 Å². The molecule has 0 saturated heterocycles. The Hall–Kier alpha value is -1.16. The van der Waals surface area contributed by atoms with Crippen molar-refractivity contribution in [3.63, 3.8) is 0 Å². The Balaban J connectivity index is 3.00. The molecule has 0 spiro atoms. The smallest absolute Gasteiger partial charge is 0.335 e. The summed E-state index contributed by atoms with van der Waals surface area (Å²) in [4.78, 5) is 1.28. The van der Waals surface area contributed by atoms with Crippen molar-refractivity contribution in [1.82, 2.24) is 4.90 Å². The molecule has 0 aliphatic carbocycles. The van der Waals surface area contributed by atoms with Crippen molar-refractivity contribution in [2.75, 3.05) is 20.2 Å². The fourth-order valence-electron chi connectivity index (χ4n) is 2.15. The Labute approximate surface area is 120 Å². The minimum Gasteiger partial charge on any atom is -0.496 e. The van der Waals surface area contributed by atoms with E-state index in [1.165, 1.54) is 18.1 Å². The molecule has 20 heavy (non-hydrogen) atoms. The number of ether oxygens (including phenoxy) is 1. The zero-order valence-electron chi connectivity index (χ0n) is 12.7. The molecule has 0 radical (unpaired) electrons. The summed E-state index contributed by atoms with van der Waals surface area (Å²) in [7, 11) is 1.43. The van der Waals surface area contributed by atoms with Gasteiger partial charge in [0, 0.05) is 13.1 Å². The second-order valence-corrected chi connectivity index (χ2v) is 4.94. The highest BCUT2D eigenvalue weighted by molar-refractivity contribution is 5.36. The summed E-state index contributed by atoms with van der Waals surface area (Å²) >= 11 is 0. The SMILES string of the molecule is CCCCN(CCCC)C(F)(F)c1ccccc1OC. The van der Waals surface area contributed by atoms with Crippen LogP contribution >= 0.6 is 0 Å². The summed E-state index contributed by atoms with van der Waals surface area (Å²) in [6, 6.07) is 3.38. The number of rotatable bonds is 9. The van der Waals surface area contributed by atoms with Crippen molar-refractivity contribution in [1.29, 1.82) is 0 Å². The van der Waals surface area contributed by atoms with E-state index in [1.807, 2.05) is 13.8 Å². The molecule has 1 aromatic rings. The van der Waals surface area contributed by atoms with Gasteiger partial charge < -0.3 is 4.74 Å². The molecule has 0 aliphatic rings. The average molecular weight is 285 g/mol. The number of unbranched alkanes of at least 4 members (excludes halogenated alkanes) is 2. The Kier molecular flexibility index (Phi) is 6.93. The van der Waals surface area contributed by atoms with Gasteiger partial charge in [0.25, 0.3) is 0 Å². The lowest BCUT2D eigenvalue weighted by Crippen LogP contribution is -2.41. The first-order valence-corrected chi connectivity index (χ1v) is 7.34. The molecule has 0 heterocycles. The van der Waals surface area contributed by atoms with Crippen LogP contribution in [0.3, 0.4) is 0 Å². The topological polar surface area (TPSA) is 12.5 Å². The van der Waals surface area contributed by atoms with Gasteiger partial charge in [-0.3, -0.25) is 0 Å². The fraction of sp³-hybridized carbons (Fsp3) is 0.625. The number of hydrogen-bond donors (Lipinski definition) is 0. The zero-order valence-corrected chi connectivity index (χ0v) is 12.7. The molecule has 1 rings (SSSR count). The summed E-state index contributed by atoms with van der Waals surface area (Å²) in [5.74, 6) is 0.246. The van der Waals surface area contributed by atoms with Gasteiger partial charge in [-0.1, -0.05) is 38.8 Å². The fourth-order valence-corrected chi connectivity index (χ4v) is 2.15. The second kappa shape index (κ2) is 8.20. The molecule has 0 amide bonds. The number of hydrogen-bond acceptors (Lipinski definition) is 2. The van der Waals surface area contributed by atoms with Gasteiger partial charge in [-0.25, -0.2) is 4.90 Å². The monoisotopic (exact) mass is 285 g/mol. The van der Waals surface area contributed by atoms with Crippen LogP contribution in [0.2, 0.25) is 0 Å². The highest BCUT2D eigenvalue weighted by atomic mass is 19.3. The summed E-state index contributed by atoms with van der Waals surface area (Å²) in [6.07, 6.45) is 3.36. The lowest BCUT2D eigenvalue weighted by Gasteiger charge is -2.32. The van der Waals surface area contributed by atoms with Crippen molar-refractivity contribution >= 4 is 0 Å². The summed E-state index contributed by atoms with van der Waals surface area (Å²) in [5, 5.41) is 0. The number of para-hydroxylation sites is 1. The number of halogens is 2. The number of methoxy groups -OCH3 is 1. The van der Waals surface area contributed by atoms with Crippen LogP contribution in [-0.2, 0) is 6.05 Å². The molecule has 2 nitrogen and oxygen atoms in total. The molecular weight excluding hydrogens is 260 g/mol. The number of alkyl halides is 2. The Morgan fingerprint density at radius 1 is 1.05 bits per heavy atom. The second-order valence-electron chi connectivity index (χ2n) is 4.94. The zero-order chi connectivity index (χ0) is 15.0. The Bertz CT molecular complexity index is 388. The standard InChI is InChI=1S/C16H25F2NO/c1-4-6-12-19(13-7-5-2)16(17,18)14-10-8-9-11-15(14)20-3/h8-11H,4-7,12-13H2,1-3H3. The van der Waals surface area contributed by atoms with E-state index in [0.29, 0.717) is 13.1 Å². The first-order chi connectivity index (χ1) is 9.57. The minimum atomic E-state index is -2.99. The van der Waals surface area contributed by atoms with Crippen molar-refractivity contribution in [2.45, 2.75) is 45.6 Å². The Morgan fingerprint density at radius 3 is 2.10 bits per heavy atom. The maximum atomic E-state index is 14.8. The van der Waals surface area contributed by atoms with E-state index >= 15 is 0 Å². The molecule has 0 aromatic heterocycles. The van der Waals surface area contributed by atoms with Gasteiger partial charge in [0.1, 0.15) is 5.75 Å². The lowest BCUT2D eigenvalue weighted by atomic mass is 10.1. The van der Waals surface area contributed by atoms with E-state index < -0.39 is 6.05 Å². The van der Waals surface area contributed by atoms with E-state index in [4.69, 9.17) is 4.74 Å². The van der Waals surface area contributed by atoms with Crippen molar-refractivity contribution in [3.8, 4) is 5.75 Å². The number of benzene rings is 1. The van der Waals surface area contributed by atoms with Gasteiger partial charge >= 0.3 is 6.05 Å². The van der Waals surface area contributed by atoms with E-state index in [9.17, 15) is 8.78 Å². The number of nitrogens with zero attached hydrogens (tertiary/aromatic N) is 1. The molecule has 0 N–H and O–H groups in total. The van der Waals surface area contributed by atoms with Crippen molar-refractivity contribution in [3.05, 3.63) is 29.8 Å². The van der Waals surface area contributed by atoms with Crippen LogP contribution in [0, 0.1) is 0 Å². The highest BCUT2D eigenvalue weighted by Crippen LogP contribution is 2.38. The largest absolute Gasteiger partial charge is 0.496 e. The molecule has 4 heteroatoms. The quantitative estimate of drug-likeness (QED) is 0.612. The molecule has 0 saturated carbocycles. The normalized spacial score (nSPS) is 11.9. The highest BCUT2D eigenvalue weighted by Gasteiger charge is 2.40. The molecule has 0 bridgehead atoms. The van der Waals surface area contributed by atoms with Crippen LogP contribution in [0.5, 0.6) is 5.75 Å². The van der Waals surface area contributed by atoms with Crippen molar-refractivity contribution < 1.29 is 13.5 Å². The van der Waals surface area contributed by atoms with Gasteiger partial charge in [-0.05, 0) is 25.0 Å². The molecule has 0 unspecified atom stereocenters. The van der Waals surface area contributed by atoms with E-state index in [-0.39, 0.29) is 11.3 Å². The van der Waals surface area contributed by atoms with Gasteiger partial charge in [-0.2, -0.15) is 8.78 Å². The summed E-state index contributed by atoms with van der Waals surface area (Å²) in [5.41, 5.74) is -0.0466. The molecule has 114 valence electrons. The predicted octanol–water partition coefficient (Wildman–Crippen LogP) is 4.65. The third-order valence-corrected chi connectivity index (χ3v) is 3.39. The van der Waals surface area contributed by atoms with Gasteiger partial charge in [0.05, 0.1) is 12.7 Å². The van der Waals surface area contributed by atoms with E-state index in [0.717, 1.165) is 25.7 Å². The van der Waals surface area contributed by atoms with Crippen LogP contribution in [0.15, 0.2) is 24.3 Å². The van der Waals surface area contributed by atoms with Crippen molar-refractivity contribution in [2.24, 2.45) is 0 Å². The lowest BCUT2D eigenvalue weighted by molar-refractivity contribution is -0.157. The summed E-state index contributed by atoms with van der Waals surface area (Å²) in [6.45, 7) is 4.83. The molecule has 0 atom stereocenters. The maximum absolute atomic E-state index is 14.8. The maximum Gasteiger partial charge on any atom is 0.335 e. The van der Waals surface area contributed by atoms with Crippen LogP contribution in [-0.4, -0.2) is 25.1 Å². The first-order valence-electron chi connectivity index (χ1n) is 7.34. The molecule has 0 fully saturated rings. The first kappa shape index (κ1) is 16.9. The Morgan fingerprint density at radius 2 is 1.60 bits per heavy atom. The van der Waals surface area contributed by atoms with Gasteiger partial charge in [-0.15, -0.1) is 0 Å². The van der Waals surface area contributed by atoms with Gasteiger partial charge in [0.2, 0.25) is 0 Å². The van der Waals surface area contributed by atoms with Crippen LogP contribution in [0.25, 0.3) is 0 Å². The summed E-state index contributed by atoms with van der Waals surface area (Å²) < 4.78 is 34.6. The predicted molar refractivity (Wildman–Crippen MR) is 78.3 cm³/mol. The van der Waals surface area contributed by atoms with E-state index in [1.54, 1.807) is 18.2 Å². The van der Waals surface area contributed by atoms with Crippen LogP contribution in [0.1, 0.15) is 45.1 Å². The molecule has 0 aliphatic heterocycles. The third kappa shape index (κ3) is 4.17. The van der Waals surface area contributed by atoms with Crippen LogP contribution in [0.4, 0.5) is 8.78 Å². The average Bonchev–Trinajstić information content (AvgIpc) is 2.47. The third-order valence-electron chi connectivity index (χ3n) is 3.39. The molecular formula is C16H25F2NO. The van der Waals surface area contributed by atoms with Crippen LogP contribution < -0.4 is 4.74 Å². The molecule has 1 aromatic carbocycles.